The molecule has 0 spiro atoms. The maximum atomic E-state index is 12.7. The van der Waals surface area contributed by atoms with Crippen LogP contribution in [0.25, 0.3) is 0 Å². The Labute approximate surface area is 189 Å². The smallest absolute Gasteiger partial charge is 0.255 e. The maximum absolute atomic E-state index is 12.7. The minimum atomic E-state index is -0.282. The maximum Gasteiger partial charge on any atom is 0.255 e. The molecule has 2 N–H and O–H groups in total. The van der Waals surface area contributed by atoms with Crippen molar-refractivity contribution in [1.29, 1.82) is 0 Å². The van der Waals surface area contributed by atoms with E-state index in [-0.39, 0.29) is 11.8 Å². The monoisotopic (exact) mass is 431 g/mol. The molecule has 0 aliphatic rings. The van der Waals surface area contributed by atoms with E-state index in [4.69, 9.17) is 4.74 Å². The van der Waals surface area contributed by atoms with Gasteiger partial charge in [-0.05, 0) is 62.0 Å². The molecule has 0 aromatic heterocycles. The van der Waals surface area contributed by atoms with Crippen LogP contribution in [0, 0.1) is 0 Å². The van der Waals surface area contributed by atoms with Gasteiger partial charge in [0.15, 0.2) is 0 Å². The van der Waals surface area contributed by atoms with Crippen LogP contribution in [0.5, 0.6) is 5.75 Å². The first-order chi connectivity index (χ1) is 15.6. The van der Waals surface area contributed by atoms with Gasteiger partial charge in [-0.1, -0.05) is 42.5 Å². The van der Waals surface area contributed by atoms with E-state index in [0.29, 0.717) is 29.1 Å². The number of carbonyl (C=O) groups is 2. The van der Waals surface area contributed by atoms with Crippen LogP contribution in [0.3, 0.4) is 0 Å². The molecule has 166 valence electrons. The average molecular weight is 432 g/mol. The zero-order valence-corrected chi connectivity index (χ0v) is 18.5. The standard InChI is InChI=1S/C26H29N3O3/c1-29(19-20-9-4-3-5-10-20)18-8-17-27-26(31)23-11-6-7-12-24(23)28-25(30)21-13-15-22(32-2)16-14-21/h3-7,9-16H,8,17-19H2,1-2H3,(H,27,31)(H,28,30). The molecular formula is C26H29N3O3. The number of rotatable bonds is 10. The van der Waals surface area contributed by atoms with Gasteiger partial charge in [0, 0.05) is 18.7 Å². The number of hydrogen-bond acceptors (Lipinski definition) is 4. The molecule has 32 heavy (non-hydrogen) atoms. The third kappa shape index (κ3) is 6.68. The highest BCUT2D eigenvalue weighted by molar-refractivity contribution is 6.09. The Morgan fingerprint density at radius 3 is 2.28 bits per heavy atom. The molecule has 0 fully saturated rings. The molecule has 6 nitrogen and oxygen atoms in total. The predicted molar refractivity (Wildman–Crippen MR) is 127 cm³/mol. The predicted octanol–water partition coefficient (Wildman–Crippen LogP) is 4.20. The van der Waals surface area contributed by atoms with E-state index in [1.54, 1.807) is 55.6 Å². The first-order valence-electron chi connectivity index (χ1n) is 10.6. The number of amides is 2. The Morgan fingerprint density at radius 1 is 0.875 bits per heavy atom. The molecule has 0 bridgehead atoms. The van der Waals surface area contributed by atoms with Crippen molar-refractivity contribution in [2.24, 2.45) is 0 Å². The number of nitrogens with one attached hydrogen (secondary N) is 2. The number of para-hydroxylation sites is 1. The first kappa shape index (κ1) is 23.0. The third-order valence-electron chi connectivity index (χ3n) is 5.07. The van der Waals surface area contributed by atoms with Crippen LogP contribution in [-0.2, 0) is 6.54 Å². The fourth-order valence-electron chi connectivity index (χ4n) is 3.35. The van der Waals surface area contributed by atoms with E-state index >= 15 is 0 Å². The third-order valence-corrected chi connectivity index (χ3v) is 5.07. The first-order valence-corrected chi connectivity index (χ1v) is 10.6. The second-order valence-corrected chi connectivity index (χ2v) is 7.56. The number of anilines is 1. The van der Waals surface area contributed by atoms with Gasteiger partial charge in [-0.2, -0.15) is 0 Å². The molecule has 3 aromatic carbocycles. The van der Waals surface area contributed by atoms with Crippen LogP contribution in [0.1, 0.15) is 32.7 Å². The van der Waals surface area contributed by atoms with Crippen LogP contribution in [0.4, 0.5) is 5.69 Å². The highest BCUT2D eigenvalue weighted by Gasteiger charge is 2.14. The SMILES string of the molecule is COc1ccc(C(=O)Nc2ccccc2C(=O)NCCCN(C)Cc2ccccc2)cc1. The zero-order valence-electron chi connectivity index (χ0n) is 18.5. The minimum Gasteiger partial charge on any atom is -0.497 e. The highest BCUT2D eigenvalue weighted by Crippen LogP contribution is 2.18. The van der Waals surface area contributed by atoms with E-state index in [1.807, 2.05) is 18.2 Å². The Kier molecular flexibility index (Phi) is 8.40. The molecule has 0 saturated heterocycles. The van der Waals surface area contributed by atoms with Gasteiger partial charge in [-0.25, -0.2) is 0 Å². The van der Waals surface area contributed by atoms with Crippen LogP contribution in [-0.4, -0.2) is 44.0 Å². The summed E-state index contributed by atoms with van der Waals surface area (Å²) < 4.78 is 5.12. The largest absolute Gasteiger partial charge is 0.497 e. The number of benzene rings is 3. The van der Waals surface area contributed by atoms with E-state index in [9.17, 15) is 9.59 Å². The van der Waals surface area contributed by atoms with Crippen molar-refractivity contribution in [3.63, 3.8) is 0 Å². The van der Waals surface area contributed by atoms with Crippen molar-refractivity contribution in [3.8, 4) is 5.75 Å². The lowest BCUT2D eigenvalue weighted by molar-refractivity contribution is 0.0952. The van der Waals surface area contributed by atoms with E-state index in [2.05, 4.69) is 34.7 Å². The lowest BCUT2D eigenvalue weighted by atomic mass is 10.1. The summed E-state index contributed by atoms with van der Waals surface area (Å²) in [6, 6.07) is 24.1. The zero-order chi connectivity index (χ0) is 22.8. The molecule has 0 aliphatic heterocycles. The second kappa shape index (κ2) is 11.7. The van der Waals surface area contributed by atoms with E-state index in [0.717, 1.165) is 19.5 Å². The van der Waals surface area contributed by atoms with Crippen molar-refractivity contribution in [2.45, 2.75) is 13.0 Å². The normalized spacial score (nSPS) is 10.6. The molecule has 0 atom stereocenters. The molecule has 3 rings (SSSR count). The summed E-state index contributed by atoms with van der Waals surface area (Å²) in [5.41, 5.74) is 2.67. The van der Waals surface area contributed by atoms with Crippen molar-refractivity contribution < 1.29 is 14.3 Å². The summed E-state index contributed by atoms with van der Waals surface area (Å²) in [6.07, 6.45) is 0.829. The summed E-state index contributed by atoms with van der Waals surface area (Å²) >= 11 is 0. The number of hydrogen-bond donors (Lipinski definition) is 2. The fraction of sp³-hybridized carbons (Fsp3) is 0.231. The topological polar surface area (TPSA) is 70.7 Å². The van der Waals surface area contributed by atoms with Gasteiger partial charge < -0.3 is 20.3 Å². The van der Waals surface area contributed by atoms with Crippen LogP contribution in [0.15, 0.2) is 78.9 Å². The molecule has 2 amide bonds. The number of methoxy groups -OCH3 is 1. The summed E-state index contributed by atoms with van der Waals surface area (Å²) in [5.74, 6) is 0.188. The van der Waals surface area contributed by atoms with Crippen LogP contribution < -0.4 is 15.4 Å². The lowest BCUT2D eigenvalue weighted by Crippen LogP contribution is -2.29. The fourth-order valence-corrected chi connectivity index (χ4v) is 3.35. The molecule has 0 saturated carbocycles. The number of ether oxygens (including phenoxy) is 1. The van der Waals surface area contributed by atoms with Gasteiger partial charge in [0.2, 0.25) is 0 Å². The van der Waals surface area contributed by atoms with Gasteiger partial charge in [-0.15, -0.1) is 0 Å². The number of carbonyl (C=O) groups excluding carboxylic acids is 2. The lowest BCUT2D eigenvalue weighted by Gasteiger charge is -2.17. The van der Waals surface area contributed by atoms with Crippen molar-refractivity contribution in [2.75, 3.05) is 32.6 Å². The molecule has 0 heterocycles. The van der Waals surface area contributed by atoms with Crippen LogP contribution >= 0.6 is 0 Å². The van der Waals surface area contributed by atoms with Gasteiger partial charge in [0.1, 0.15) is 5.75 Å². The molecule has 0 aliphatic carbocycles. The second-order valence-electron chi connectivity index (χ2n) is 7.56. The number of nitrogens with zero attached hydrogens (tertiary/aromatic N) is 1. The molecular weight excluding hydrogens is 402 g/mol. The molecule has 3 aromatic rings. The van der Waals surface area contributed by atoms with Crippen molar-refractivity contribution >= 4 is 17.5 Å². The van der Waals surface area contributed by atoms with Gasteiger partial charge in [-0.3, -0.25) is 9.59 Å². The Hall–Kier alpha value is -3.64. The average Bonchev–Trinajstić information content (AvgIpc) is 2.82. The van der Waals surface area contributed by atoms with Crippen LogP contribution in [0.2, 0.25) is 0 Å². The van der Waals surface area contributed by atoms with Crippen molar-refractivity contribution in [1.82, 2.24) is 10.2 Å². The minimum absolute atomic E-state index is 0.207. The Bertz CT molecular complexity index is 1020. The Morgan fingerprint density at radius 2 is 1.56 bits per heavy atom. The highest BCUT2D eigenvalue weighted by atomic mass is 16.5. The van der Waals surface area contributed by atoms with Gasteiger partial charge in [0.25, 0.3) is 11.8 Å². The summed E-state index contributed by atoms with van der Waals surface area (Å²) in [6.45, 7) is 2.29. The molecule has 6 heteroatoms. The molecule has 0 radical (unpaired) electrons. The quantitative estimate of drug-likeness (QED) is 0.472. The summed E-state index contributed by atoms with van der Waals surface area (Å²) in [5, 5.41) is 5.79. The van der Waals surface area contributed by atoms with E-state index < -0.39 is 0 Å². The summed E-state index contributed by atoms with van der Waals surface area (Å²) in [7, 11) is 3.64. The Balaban J connectivity index is 1.50. The van der Waals surface area contributed by atoms with E-state index in [1.165, 1.54) is 5.56 Å². The molecule has 0 unspecified atom stereocenters. The van der Waals surface area contributed by atoms with Gasteiger partial charge >= 0.3 is 0 Å². The summed E-state index contributed by atoms with van der Waals surface area (Å²) in [4.78, 5) is 27.5. The van der Waals surface area contributed by atoms with Gasteiger partial charge in [0.05, 0.1) is 18.4 Å². The van der Waals surface area contributed by atoms with Crippen molar-refractivity contribution in [3.05, 3.63) is 95.6 Å².